The number of fused-ring (bicyclic) bond motifs is 2. The fraction of sp³-hybridized carbons (Fsp3) is 0.667. The SMILES string of the molecule is C[C@H]1C[C@H](O)[C@@H](C)/C=C/C=C/C=C/C=C/C=C/C=C/C=C/C(O[C@@H]2OC[C@@H](O)[C@H](N)[C@H]2O)C[C@@H]2OC(O)(CC(O)CC(O)C(O)CCC(O)CC(O)CC(=O)O1)C[C@H](O)[C@H]2C(=O)NC1CC1. The molecule has 3 heterocycles. The summed E-state index contributed by atoms with van der Waals surface area (Å²) in [6.07, 6.45) is 7.93. The largest absolute Gasteiger partial charge is 0.462 e. The zero-order valence-electron chi connectivity index (χ0n) is 37.9. The van der Waals surface area contributed by atoms with Crippen LogP contribution in [-0.4, -0.2) is 167 Å². The topological polar surface area (TPSA) is 311 Å². The van der Waals surface area contributed by atoms with Crippen LogP contribution >= 0.6 is 0 Å². The average molecular weight is 935 g/mol. The van der Waals surface area contributed by atoms with E-state index >= 15 is 0 Å². The van der Waals surface area contributed by atoms with Crippen LogP contribution in [0, 0.1) is 11.8 Å². The van der Waals surface area contributed by atoms with Crippen LogP contribution in [0.3, 0.4) is 0 Å². The highest BCUT2D eigenvalue weighted by atomic mass is 16.7. The van der Waals surface area contributed by atoms with E-state index in [0.717, 1.165) is 12.8 Å². The summed E-state index contributed by atoms with van der Waals surface area (Å²) in [4.78, 5) is 26.1. The fourth-order valence-electron chi connectivity index (χ4n) is 8.04. The third-order valence-electron chi connectivity index (χ3n) is 12.0. The zero-order valence-corrected chi connectivity index (χ0v) is 37.9. The second kappa shape index (κ2) is 27.5. The van der Waals surface area contributed by atoms with E-state index in [1.54, 1.807) is 49.5 Å². The Hall–Kier alpha value is -3.44. The highest BCUT2D eigenvalue weighted by Crippen LogP contribution is 2.38. The van der Waals surface area contributed by atoms with Gasteiger partial charge in [0, 0.05) is 44.1 Å². The lowest BCUT2D eigenvalue weighted by atomic mass is 9.82. The maximum absolute atomic E-state index is 13.6. The molecule has 4 aliphatic rings. The molecule has 2 bridgehead atoms. The first-order valence-electron chi connectivity index (χ1n) is 23.1. The minimum absolute atomic E-state index is 0.0807. The summed E-state index contributed by atoms with van der Waals surface area (Å²) in [5.41, 5.74) is 6.00. The number of hydrogen-bond donors (Lipinski definition) is 12. The summed E-state index contributed by atoms with van der Waals surface area (Å²) in [7, 11) is 0. The van der Waals surface area contributed by atoms with Gasteiger partial charge in [-0.15, -0.1) is 0 Å². The van der Waals surface area contributed by atoms with Gasteiger partial charge in [0.1, 0.15) is 12.2 Å². The summed E-state index contributed by atoms with van der Waals surface area (Å²) in [6.45, 7) is 3.23. The van der Waals surface area contributed by atoms with Crippen molar-refractivity contribution < 1.29 is 79.6 Å². The number of ether oxygens (including phenoxy) is 4. The molecule has 0 aromatic heterocycles. The number of nitrogens with two attached hydrogens (primary N) is 1. The number of cyclic esters (lactones) is 1. The molecule has 1 aliphatic carbocycles. The summed E-state index contributed by atoms with van der Waals surface area (Å²) in [5, 5.41) is 111. The first kappa shape index (κ1) is 55.2. The van der Waals surface area contributed by atoms with E-state index in [9.17, 15) is 60.7 Å². The molecule has 66 heavy (non-hydrogen) atoms. The Morgan fingerprint density at radius 1 is 0.682 bits per heavy atom. The van der Waals surface area contributed by atoms with Crippen LogP contribution in [0.1, 0.15) is 84.5 Å². The normalized spacial score (nSPS) is 43.8. The maximum atomic E-state index is 13.6. The Morgan fingerprint density at radius 3 is 1.91 bits per heavy atom. The Labute approximate surface area is 387 Å². The van der Waals surface area contributed by atoms with Crippen LogP contribution in [0.4, 0.5) is 0 Å². The van der Waals surface area contributed by atoms with Gasteiger partial charge in [0.15, 0.2) is 12.1 Å². The van der Waals surface area contributed by atoms with E-state index < -0.39 is 135 Å². The molecule has 0 radical (unpaired) electrons. The van der Waals surface area contributed by atoms with E-state index in [4.69, 9.17) is 24.7 Å². The van der Waals surface area contributed by atoms with E-state index in [1.165, 1.54) is 0 Å². The van der Waals surface area contributed by atoms with Gasteiger partial charge in [-0.2, -0.15) is 0 Å². The van der Waals surface area contributed by atoms with E-state index in [2.05, 4.69) is 5.32 Å². The van der Waals surface area contributed by atoms with Crippen LogP contribution < -0.4 is 11.1 Å². The summed E-state index contributed by atoms with van der Waals surface area (Å²) in [5.74, 6) is -4.92. The molecule has 3 fully saturated rings. The van der Waals surface area contributed by atoms with Gasteiger partial charge in [-0.25, -0.2) is 0 Å². The molecular weight excluding hydrogens is 861 g/mol. The molecule has 372 valence electrons. The lowest BCUT2D eigenvalue weighted by Gasteiger charge is -2.45. The van der Waals surface area contributed by atoms with Gasteiger partial charge in [0.05, 0.1) is 86.0 Å². The van der Waals surface area contributed by atoms with Gasteiger partial charge in [0.2, 0.25) is 5.91 Å². The number of aliphatic hydroxyl groups excluding tert-OH is 9. The number of amides is 1. The molecule has 0 spiro atoms. The lowest BCUT2D eigenvalue weighted by molar-refractivity contribution is -0.304. The molecule has 3 aliphatic heterocycles. The number of carbonyl (C=O) groups excluding carboxylic acids is 2. The van der Waals surface area contributed by atoms with E-state index in [1.807, 2.05) is 49.5 Å². The standard InChI is InChI=1S/C48H74N2O16/c1-29-15-13-11-9-7-5-3-4-6-8-10-12-14-16-35(65-47-45(60)44(49)40(58)28-63-47)25-41-43(46(61)50-31-17-18-31)39(57)27-48(62,66-41)26-34(53)23-38(56)36(54)20-19-32(51)22-33(52)24-42(59)64-30(2)21-37(29)55/h3-16,29-41,43-45,47,51-58,60,62H,17-28,49H2,1-2H3,(H,50,61)/b4-3+,7-5+,8-6+,11-9+,12-10+,15-13+,16-14+/t29-,30-,32?,33?,34?,35?,36?,37-,38?,39-,40+,41-,43+,44-,45+,47-,48?/m0/s1. The van der Waals surface area contributed by atoms with Gasteiger partial charge >= 0.3 is 5.97 Å². The predicted molar refractivity (Wildman–Crippen MR) is 241 cm³/mol. The van der Waals surface area contributed by atoms with Crippen molar-refractivity contribution in [2.45, 2.75) is 182 Å². The number of rotatable bonds is 4. The van der Waals surface area contributed by atoms with E-state index in [-0.39, 0.29) is 50.7 Å². The van der Waals surface area contributed by atoms with Crippen molar-refractivity contribution in [3.8, 4) is 0 Å². The first-order valence-corrected chi connectivity index (χ1v) is 23.1. The number of carbonyl (C=O) groups is 2. The monoisotopic (exact) mass is 935 g/mol. The molecule has 7 unspecified atom stereocenters. The number of aliphatic hydroxyl groups is 10. The molecule has 18 heteroatoms. The molecule has 1 saturated carbocycles. The van der Waals surface area contributed by atoms with Crippen LogP contribution in [-0.2, 0) is 28.5 Å². The molecule has 18 nitrogen and oxygen atoms in total. The lowest BCUT2D eigenvalue weighted by Crippen LogP contribution is -2.59. The van der Waals surface area contributed by atoms with Crippen LogP contribution in [0.15, 0.2) is 85.1 Å². The van der Waals surface area contributed by atoms with Crippen molar-refractivity contribution in [1.29, 1.82) is 0 Å². The van der Waals surface area contributed by atoms with Gasteiger partial charge in [-0.1, -0.05) is 92.0 Å². The second-order valence-corrected chi connectivity index (χ2v) is 18.1. The van der Waals surface area contributed by atoms with E-state index in [0.29, 0.717) is 0 Å². The van der Waals surface area contributed by atoms with Crippen LogP contribution in [0.25, 0.3) is 0 Å². The molecule has 2 saturated heterocycles. The smallest absolute Gasteiger partial charge is 0.308 e. The van der Waals surface area contributed by atoms with Gasteiger partial charge in [0.25, 0.3) is 0 Å². The van der Waals surface area contributed by atoms with Crippen molar-refractivity contribution in [2.75, 3.05) is 6.61 Å². The third kappa shape index (κ3) is 19.3. The Bertz CT molecular complexity index is 1700. The van der Waals surface area contributed by atoms with Crippen LogP contribution in [0.2, 0.25) is 0 Å². The third-order valence-corrected chi connectivity index (χ3v) is 12.0. The minimum atomic E-state index is -2.23. The summed E-state index contributed by atoms with van der Waals surface area (Å²) in [6, 6.07) is -1.17. The molecular formula is C48H74N2O16. The van der Waals surface area contributed by atoms with Crippen molar-refractivity contribution in [3.05, 3.63) is 85.1 Å². The number of allylic oxidation sites excluding steroid dienone is 12. The first-order chi connectivity index (χ1) is 31.3. The molecule has 17 atom stereocenters. The molecule has 4 rings (SSSR count). The van der Waals surface area contributed by atoms with Crippen molar-refractivity contribution >= 4 is 11.9 Å². The number of nitrogens with one attached hydrogen (secondary N) is 1. The Morgan fingerprint density at radius 2 is 1.29 bits per heavy atom. The maximum Gasteiger partial charge on any atom is 0.308 e. The fourth-order valence-corrected chi connectivity index (χ4v) is 8.04. The Balaban J connectivity index is 1.55. The number of hydrogen-bond acceptors (Lipinski definition) is 17. The number of esters is 1. The molecule has 0 aromatic carbocycles. The highest BCUT2D eigenvalue weighted by Gasteiger charge is 2.51. The summed E-state index contributed by atoms with van der Waals surface area (Å²) < 4.78 is 23.3. The zero-order chi connectivity index (χ0) is 48.4. The van der Waals surface area contributed by atoms with Crippen LogP contribution in [0.5, 0.6) is 0 Å². The highest BCUT2D eigenvalue weighted by molar-refractivity contribution is 5.80. The predicted octanol–water partition coefficient (Wildman–Crippen LogP) is 0.271. The van der Waals surface area contributed by atoms with Gasteiger partial charge in [-0.3, -0.25) is 9.59 Å². The van der Waals surface area contributed by atoms with Gasteiger partial charge < -0.3 is 81.1 Å². The van der Waals surface area contributed by atoms with Crippen molar-refractivity contribution in [2.24, 2.45) is 17.6 Å². The van der Waals surface area contributed by atoms with Gasteiger partial charge in [-0.05, 0) is 39.0 Å². The molecule has 1 amide bonds. The molecule has 13 N–H and O–H groups in total. The van der Waals surface area contributed by atoms with Crippen molar-refractivity contribution in [3.63, 3.8) is 0 Å². The van der Waals surface area contributed by atoms with Crippen molar-refractivity contribution in [1.82, 2.24) is 5.32 Å². The summed E-state index contributed by atoms with van der Waals surface area (Å²) >= 11 is 0. The Kier molecular flexibility index (Phi) is 23.0. The quantitative estimate of drug-likeness (QED) is 0.168. The average Bonchev–Trinajstić information content (AvgIpc) is 4.05. The second-order valence-electron chi connectivity index (χ2n) is 18.1. The molecule has 0 aromatic rings. The minimum Gasteiger partial charge on any atom is -0.462 e.